The van der Waals surface area contributed by atoms with Gasteiger partial charge in [-0.1, -0.05) is 6.92 Å². The lowest BCUT2D eigenvalue weighted by Crippen LogP contribution is -2.26. The summed E-state index contributed by atoms with van der Waals surface area (Å²) in [6.07, 6.45) is 3.92. The van der Waals surface area contributed by atoms with E-state index in [0.717, 1.165) is 36.2 Å². The van der Waals surface area contributed by atoms with Crippen molar-refractivity contribution in [1.82, 2.24) is 10.2 Å². The van der Waals surface area contributed by atoms with Crippen LogP contribution in [0.1, 0.15) is 31.6 Å². The number of rotatable bonds is 7. The van der Waals surface area contributed by atoms with E-state index in [-0.39, 0.29) is 0 Å². The number of hydrogen-bond donors (Lipinski definition) is 1. The van der Waals surface area contributed by atoms with Crippen LogP contribution >= 0.6 is 15.9 Å². The minimum absolute atomic E-state index is 0.298. The second kappa shape index (κ2) is 7.09. The normalized spacial score (nSPS) is 13.3. The van der Waals surface area contributed by atoms with Crippen molar-refractivity contribution in [3.05, 3.63) is 22.6 Å². The molecule has 0 saturated carbocycles. The molecule has 0 fully saturated rings. The molecule has 0 saturated heterocycles. The number of hydrogen-bond acceptors (Lipinski definition) is 3. The first-order valence-electron chi connectivity index (χ1n) is 5.76. The molecule has 0 amide bonds. The quantitative estimate of drug-likeness (QED) is 0.836. The highest BCUT2D eigenvalue weighted by atomic mass is 79.9. The van der Waals surface area contributed by atoms with E-state index in [1.165, 1.54) is 0 Å². The third-order valence-electron chi connectivity index (χ3n) is 2.47. The Bertz CT molecular complexity index is 299. The minimum atomic E-state index is 0.298. The van der Waals surface area contributed by atoms with Crippen molar-refractivity contribution in [3.8, 4) is 0 Å². The molecular weight excluding hydrogens is 268 g/mol. The van der Waals surface area contributed by atoms with E-state index in [2.05, 4.69) is 47.2 Å². The van der Waals surface area contributed by atoms with Crippen LogP contribution in [0, 0.1) is 0 Å². The smallest absolute Gasteiger partial charge is 0.134 e. The zero-order chi connectivity index (χ0) is 12.0. The number of nitrogens with zero attached hydrogens (tertiary/aromatic N) is 1. The first kappa shape index (κ1) is 13.7. The molecule has 1 aromatic heterocycles. The van der Waals surface area contributed by atoms with Gasteiger partial charge in [-0.3, -0.25) is 0 Å². The topological polar surface area (TPSA) is 28.4 Å². The minimum Gasteiger partial charge on any atom is -0.466 e. The lowest BCUT2D eigenvalue weighted by atomic mass is 10.1. The number of nitrogens with one attached hydrogen (secondary N) is 1. The summed E-state index contributed by atoms with van der Waals surface area (Å²) in [4.78, 5) is 2.19. The summed E-state index contributed by atoms with van der Waals surface area (Å²) in [5.41, 5.74) is 0. The molecule has 0 aliphatic rings. The van der Waals surface area contributed by atoms with Crippen molar-refractivity contribution in [1.29, 1.82) is 0 Å². The molecule has 0 spiro atoms. The van der Waals surface area contributed by atoms with Crippen molar-refractivity contribution in [2.75, 3.05) is 27.2 Å². The molecule has 1 aromatic rings. The monoisotopic (exact) mass is 288 g/mol. The summed E-state index contributed by atoms with van der Waals surface area (Å²) >= 11 is 3.52. The van der Waals surface area contributed by atoms with Gasteiger partial charge in [0.2, 0.25) is 0 Å². The molecule has 1 heterocycles. The van der Waals surface area contributed by atoms with E-state index >= 15 is 0 Å². The lowest BCUT2D eigenvalue weighted by Gasteiger charge is -2.19. The van der Waals surface area contributed by atoms with E-state index in [0.29, 0.717) is 6.04 Å². The Hall–Kier alpha value is -0.320. The molecule has 0 radical (unpaired) electrons. The Balaban J connectivity index is 2.60. The highest BCUT2D eigenvalue weighted by Gasteiger charge is 2.17. The van der Waals surface area contributed by atoms with Gasteiger partial charge in [0.05, 0.1) is 16.8 Å². The predicted molar refractivity (Wildman–Crippen MR) is 70.6 cm³/mol. The van der Waals surface area contributed by atoms with Crippen LogP contribution in [0.15, 0.2) is 21.2 Å². The molecule has 3 nitrogen and oxygen atoms in total. The zero-order valence-corrected chi connectivity index (χ0v) is 11.9. The van der Waals surface area contributed by atoms with Crippen LogP contribution < -0.4 is 5.32 Å². The zero-order valence-electron chi connectivity index (χ0n) is 10.3. The van der Waals surface area contributed by atoms with Gasteiger partial charge in [-0.2, -0.15) is 0 Å². The van der Waals surface area contributed by atoms with E-state index in [1.807, 2.05) is 6.07 Å². The highest BCUT2D eigenvalue weighted by Crippen LogP contribution is 2.26. The molecule has 92 valence electrons. The maximum atomic E-state index is 5.53. The fraction of sp³-hybridized carbons (Fsp3) is 0.667. The van der Waals surface area contributed by atoms with Gasteiger partial charge >= 0.3 is 0 Å². The van der Waals surface area contributed by atoms with Crippen LogP contribution in [0.4, 0.5) is 0 Å². The molecule has 1 unspecified atom stereocenters. The van der Waals surface area contributed by atoms with Gasteiger partial charge in [-0.05, 0) is 62.0 Å². The predicted octanol–water partition coefficient (Wildman–Crippen LogP) is 3.03. The van der Waals surface area contributed by atoms with Crippen molar-refractivity contribution >= 4 is 15.9 Å². The average Bonchev–Trinajstić information content (AvgIpc) is 2.65. The average molecular weight is 289 g/mol. The highest BCUT2D eigenvalue weighted by molar-refractivity contribution is 9.10. The van der Waals surface area contributed by atoms with Gasteiger partial charge in [0.15, 0.2) is 0 Å². The molecule has 0 aliphatic heterocycles. The van der Waals surface area contributed by atoms with E-state index < -0.39 is 0 Å². The van der Waals surface area contributed by atoms with Gasteiger partial charge in [0.25, 0.3) is 0 Å². The van der Waals surface area contributed by atoms with Crippen LogP contribution in [0.5, 0.6) is 0 Å². The first-order valence-corrected chi connectivity index (χ1v) is 6.55. The number of furan rings is 1. The second-order valence-corrected chi connectivity index (χ2v) is 5.09. The fourth-order valence-electron chi connectivity index (χ4n) is 1.59. The SMILES string of the molecule is CCCNC(CCN(C)C)c1occc1Br. The van der Waals surface area contributed by atoms with Crippen LogP contribution in [-0.4, -0.2) is 32.1 Å². The summed E-state index contributed by atoms with van der Waals surface area (Å²) in [6, 6.07) is 2.25. The molecular formula is C12H21BrN2O. The van der Waals surface area contributed by atoms with Gasteiger partial charge in [-0.25, -0.2) is 0 Å². The molecule has 1 N–H and O–H groups in total. The Morgan fingerprint density at radius 2 is 2.25 bits per heavy atom. The summed E-state index contributed by atoms with van der Waals surface area (Å²) in [5, 5.41) is 3.52. The molecule has 0 aromatic carbocycles. The Labute approximate surface area is 106 Å². The lowest BCUT2D eigenvalue weighted by molar-refractivity contribution is 0.331. The van der Waals surface area contributed by atoms with Crippen LogP contribution in [0.2, 0.25) is 0 Å². The van der Waals surface area contributed by atoms with E-state index in [9.17, 15) is 0 Å². The van der Waals surface area contributed by atoms with Crippen LogP contribution in [-0.2, 0) is 0 Å². The Morgan fingerprint density at radius 3 is 2.75 bits per heavy atom. The fourth-order valence-corrected chi connectivity index (χ4v) is 2.06. The largest absolute Gasteiger partial charge is 0.466 e. The standard InChI is InChI=1S/C12H21BrN2O/c1-4-7-14-11(5-8-15(2)3)12-10(13)6-9-16-12/h6,9,11,14H,4-5,7-8H2,1-3H3. The summed E-state index contributed by atoms with van der Waals surface area (Å²) in [6.45, 7) is 4.24. The summed E-state index contributed by atoms with van der Waals surface area (Å²) < 4.78 is 6.58. The van der Waals surface area contributed by atoms with Crippen molar-refractivity contribution in [3.63, 3.8) is 0 Å². The second-order valence-electron chi connectivity index (χ2n) is 4.23. The third kappa shape index (κ3) is 4.28. The van der Waals surface area contributed by atoms with Crippen molar-refractivity contribution < 1.29 is 4.42 Å². The van der Waals surface area contributed by atoms with Gasteiger partial charge in [-0.15, -0.1) is 0 Å². The van der Waals surface area contributed by atoms with E-state index in [4.69, 9.17) is 4.42 Å². The Kier molecular flexibility index (Phi) is 6.09. The molecule has 16 heavy (non-hydrogen) atoms. The molecule has 0 aliphatic carbocycles. The molecule has 4 heteroatoms. The number of halogens is 1. The molecule has 1 atom stereocenters. The van der Waals surface area contributed by atoms with Crippen LogP contribution in [0.3, 0.4) is 0 Å². The maximum absolute atomic E-state index is 5.53. The third-order valence-corrected chi connectivity index (χ3v) is 3.12. The first-order chi connectivity index (χ1) is 7.65. The molecule has 1 rings (SSSR count). The van der Waals surface area contributed by atoms with Gasteiger partial charge in [0.1, 0.15) is 5.76 Å². The maximum Gasteiger partial charge on any atom is 0.134 e. The summed E-state index contributed by atoms with van der Waals surface area (Å²) in [5.74, 6) is 1.01. The summed E-state index contributed by atoms with van der Waals surface area (Å²) in [7, 11) is 4.18. The molecule has 0 bridgehead atoms. The van der Waals surface area contributed by atoms with E-state index in [1.54, 1.807) is 6.26 Å². The van der Waals surface area contributed by atoms with Crippen molar-refractivity contribution in [2.45, 2.75) is 25.8 Å². The van der Waals surface area contributed by atoms with Gasteiger partial charge in [0, 0.05) is 0 Å². The van der Waals surface area contributed by atoms with Crippen LogP contribution in [0.25, 0.3) is 0 Å². The van der Waals surface area contributed by atoms with Gasteiger partial charge < -0.3 is 14.6 Å². The van der Waals surface area contributed by atoms with Crippen molar-refractivity contribution in [2.24, 2.45) is 0 Å². The Morgan fingerprint density at radius 1 is 1.50 bits per heavy atom.